The summed E-state index contributed by atoms with van der Waals surface area (Å²) in [5.74, 6) is 0. The molecule has 3 aromatic heterocycles. The van der Waals surface area contributed by atoms with E-state index in [0.717, 1.165) is 44.2 Å². The Morgan fingerprint density at radius 1 is 0.314 bits per heavy atom. The van der Waals surface area contributed by atoms with Gasteiger partial charge in [0.2, 0.25) is 0 Å². The zero-order chi connectivity index (χ0) is 33.5. The molecule has 11 aromatic rings. The Bertz CT molecular complexity index is 3010. The van der Waals surface area contributed by atoms with E-state index in [1.165, 1.54) is 65.3 Å². The van der Waals surface area contributed by atoms with Crippen LogP contribution in [0, 0.1) is 0 Å². The van der Waals surface area contributed by atoms with E-state index < -0.39 is 0 Å². The maximum atomic E-state index is 6.98. The third-order valence-corrected chi connectivity index (χ3v) is 10.5. The molecule has 238 valence electrons. The van der Waals surface area contributed by atoms with E-state index >= 15 is 0 Å². The molecule has 0 atom stereocenters. The van der Waals surface area contributed by atoms with Crippen LogP contribution in [0.5, 0.6) is 0 Å². The smallest absolute Gasteiger partial charge is 0.143 e. The van der Waals surface area contributed by atoms with E-state index in [0.29, 0.717) is 0 Å². The molecule has 0 spiro atoms. The van der Waals surface area contributed by atoms with Gasteiger partial charge in [-0.05, 0) is 72.4 Å². The van der Waals surface area contributed by atoms with Crippen LogP contribution in [0.4, 0.5) is 0 Å². The molecule has 0 aliphatic rings. The Balaban J connectivity index is 1.25. The fourth-order valence-electron chi connectivity index (χ4n) is 8.53. The van der Waals surface area contributed by atoms with E-state index in [1.54, 1.807) is 12.5 Å². The molecular weight excluding hydrogens is 625 g/mol. The first kappa shape index (κ1) is 28.0. The summed E-state index contributed by atoms with van der Waals surface area (Å²) in [5, 5.41) is 11.7. The minimum Gasteiger partial charge on any atom is -0.472 e. The van der Waals surface area contributed by atoms with Gasteiger partial charge in [-0.2, -0.15) is 0 Å². The molecule has 3 heterocycles. The highest BCUT2D eigenvalue weighted by Crippen LogP contribution is 2.50. The van der Waals surface area contributed by atoms with Gasteiger partial charge >= 0.3 is 0 Å². The second kappa shape index (κ2) is 10.8. The van der Waals surface area contributed by atoms with Crippen molar-refractivity contribution in [3.05, 3.63) is 171 Å². The van der Waals surface area contributed by atoms with Gasteiger partial charge in [0.1, 0.15) is 11.2 Å². The largest absolute Gasteiger partial charge is 0.472 e. The van der Waals surface area contributed by atoms with E-state index in [2.05, 4.69) is 140 Å². The highest BCUT2D eigenvalue weighted by molar-refractivity contribution is 6.28. The number of rotatable bonds is 4. The molecule has 0 N–H and O–H groups in total. The minimum absolute atomic E-state index is 0.866. The lowest BCUT2D eigenvalue weighted by Gasteiger charge is -2.17. The molecule has 51 heavy (non-hydrogen) atoms. The Labute approximate surface area is 292 Å². The summed E-state index contributed by atoms with van der Waals surface area (Å²) in [4.78, 5) is 0. The highest BCUT2D eigenvalue weighted by Gasteiger charge is 2.23. The average Bonchev–Trinajstić information content (AvgIpc) is 3.98. The van der Waals surface area contributed by atoms with Crippen molar-refractivity contribution in [3.63, 3.8) is 0 Å². The average molecular weight is 653 g/mol. The summed E-state index contributed by atoms with van der Waals surface area (Å²) in [7, 11) is 0. The summed E-state index contributed by atoms with van der Waals surface area (Å²) in [6.45, 7) is 0. The lowest BCUT2D eigenvalue weighted by atomic mass is 9.85. The molecule has 0 saturated heterocycles. The van der Waals surface area contributed by atoms with Crippen molar-refractivity contribution in [2.45, 2.75) is 0 Å². The fraction of sp³-hybridized carbons (Fsp3) is 0. The van der Waals surface area contributed by atoms with Crippen molar-refractivity contribution in [1.82, 2.24) is 0 Å². The zero-order valence-corrected chi connectivity index (χ0v) is 27.4. The van der Waals surface area contributed by atoms with Crippen LogP contribution in [0.3, 0.4) is 0 Å². The van der Waals surface area contributed by atoms with E-state index in [1.807, 2.05) is 18.6 Å². The molecule has 3 nitrogen and oxygen atoms in total. The van der Waals surface area contributed by atoms with Crippen LogP contribution in [0.1, 0.15) is 0 Å². The van der Waals surface area contributed by atoms with Crippen LogP contribution < -0.4 is 0 Å². The minimum atomic E-state index is 0.866. The highest BCUT2D eigenvalue weighted by atomic mass is 16.3. The van der Waals surface area contributed by atoms with E-state index in [-0.39, 0.29) is 0 Å². The molecule has 0 fully saturated rings. The third kappa shape index (κ3) is 4.00. The number of hydrogen-bond acceptors (Lipinski definition) is 3. The molecule has 0 radical (unpaired) electrons. The van der Waals surface area contributed by atoms with Crippen LogP contribution in [-0.4, -0.2) is 0 Å². The van der Waals surface area contributed by atoms with Crippen LogP contribution >= 0.6 is 0 Å². The van der Waals surface area contributed by atoms with Gasteiger partial charge in [0.15, 0.2) is 0 Å². The van der Waals surface area contributed by atoms with Crippen molar-refractivity contribution in [2.24, 2.45) is 0 Å². The standard InChI is InChI=1S/C48H28O3/c1-5-15-35-31(11-1)43(29-23-25-49-27-29)32-12-2-6-16-36(32)45(35)39-19-10-22-42-47(39)41-21-9-20-40(48(41)51-42)46-37-17-7-3-13-33(37)44(30-24-26-50-28-30)34-14-4-8-18-38(34)46/h1-28H. The number of benzene rings is 8. The van der Waals surface area contributed by atoms with Gasteiger partial charge in [0, 0.05) is 44.2 Å². The monoisotopic (exact) mass is 652 g/mol. The Morgan fingerprint density at radius 3 is 1.16 bits per heavy atom. The molecule has 3 heteroatoms. The van der Waals surface area contributed by atoms with Gasteiger partial charge in [0.05, 0.1) is 25.1 Å². The van der Waals surface area contributed by atoms with Gasteiger partial charge in [-0.15, -0.1) is 0 Å². The van der Waals surface area contributed by atoms with E-state index in [4.69, 9.17) is 13.3 Å². The third-order valence-electron chi connectivity index (χ3n) is 10.5. The van der Waals surface area contributed by atoms with Crippen molar-refractivity contribution in [1.29, 1.82) is 0 Å². The first-order chi connectivity index (χ1) is 25.3. The summed E-state index contributed by atoms with van der Waals surface area (Å²) in [6, 6.07) is 52.0. The molecule has 0 aliphatic heterocycles. The molecular formula is C48H28O3. The lowest BCUT2D eigenvalue weighted by Crippen LogP contribution is -1.91. The number of hydrogen-bond donors (Lipinski definition) is 0. The SMILES string of the molecule is c1cc(-c2c3ccccc3c(-c3ccoc3)c3ccccc23)c2c(c1)oc1c(-c3c4ccccc4c(-c4ccoc4)c4ccccc34)cccc12. The number of fused-ring (bicyclic) bond motifs is 7. The topological polar surface area (TPSA) is 39.4 Å². The van der Waals surface area contributed by atoms with Gasteiger partial charge in [-0.3, -0.25) is 0 Å². The van der Waals surface area contributed by atoms with Crippen LogP contribution in [0.25, 0.3) is 110 Å². The molecule has 0 saturated carbocycles. The Hall–Kier alpha value is -6.84. The molecule has 11 rings (SSSR count). The Kier molecular flexibility index (Phi) is 5.96. The predicted molar refractivity (Wildman–Crippen MR) is 210 cm³/mol. The van der Waals surface area contributed by atoms with Crippen LogP contribution in [0.2, 0.25) is 0 Å². The molecule has 0 amide bonds. The predicted octanol–water partition coefficient (Wildman–Crippen LogP) is 14.1. The van der Waals surface area contributed by atoms with E-state index in [9.17, 15) is 0 Å². The lowest BCUT2D eigenvalue weighted by molar-refractivity contribution is 0.568. The van der Waals surface area contributed by atoms with Crippen molar-refractivity contribution in [3.8, 4) is 44.5 Å². The summed E-state index contributed by atoms with van der Waals surface area (Å²) < 4.78 is 18.1. The van der Waals surface area contributed by atoms with Crippen molar-refractivity contribution < 1.29 is 13.3 Å². The van der Waals surface area contributed by atoms with Gasteiger partial charge in [-0.25, -0.2) is 0 Å². The Morgan fingerprint density at radius 2 is 0.706 bits per heavy atom. The molecule has 0 unspecified atom stereocenters. The molecule has 0 aliphatic carbocycles. The first-order valence-corrected chi connectivity index (χ1v) is 17.2. The van der Waals surface area contributed by atoms with Crippen molar-refractivity contribution in [2.75, 3.05) is 0 Å². The zero-order valence-electron chi connectivity index (χ0n) is 27.4. The number of para-hydroxylation sites is 1. The summed E-state index contributed by atoms with van der Waals surface area (Å²) in [5.41, 5.74) is 10.8. The quantitative estimate of drug-likeness (QED) is 0.178. The van der Waals surface area contributed by atoms with Gasteiger partial charge in [-0.1, -0.05) is 127 Å². The van der Waals surface area contributed by atoms with Gasteiger partial charge < -0.3 is 13.3 Å². The fourth-order valence-corrected chi connectivity index (χ4v) is 8.53. The van der Waals surface area contributed by atoms with Crippen molar-refractivity contribution >= 4 is 65.0 Å². The van der Waals surface area contributed by atoms with Crippen LogP contribution in [0.15, 0.2) is 184 Å². The second-order valence-corrected chi connectivity index (χ2v) is 13.2. The first-order valence-electron chi connectivity index (χ1n) is 17.2. The summed E-state index contributed by atoms with van der Waals surface area (Å²) in [6.07, 6.45) is 7.18. The number of furan rings is 3. The summed E-state index contributed by atoms with van der Waals surface area (Å²) >= 11 is 0. The maximum Gasteiger partial charge on any atom is 0.143 e. The van der Waals surface area contributed by atoms with Crippen LogP contribution in [-0.2, 0) is 0 Å². The van der Waals surface area contributed by atoms with Gasteiger partial charge in [0.25, 0.3) is 0 Å². The normalized spacial score (nSPS) is 11.9. The second-order valence-electron chi connectivity index (χ2n) is 13.2. The molecule has 0 bridgehead atoms. The molecule has 8 aromatic carbocycles. The maximum absolute atomic E-state index is 6.98.